The highest BCUT2D eigenvalue weighted by Crippen LogP contribution is 2.24. The van der Waals surface area contributed by atoms with E-state index in [4.69, 9.17) is 5.11 Å². The molecule has 20 heavy (non-hydrogen) atoms. The number of aromatic nitrogens is 1. The third-order valence-electron chi connectivity index (χ3n) is 3.53. The molecule has 1 aliphatic rings. The lowest BCUT2D eigenvalue weighted by atomic mass is 9.86. The second-order valence-electron chi connectivity index (χ2n) is 4.93. The van der Waals surface area contributed by atoms with Crippen LogP contribution in [0.1, 0.15) is 36.0 Å². The number of H-pyrrole nitrogens is 1. The highest BCUT2D eigenvalue weighted by atomic mass is 79.9. The van der Waals surface area contributed by atoms with Gasteiger partial charge in [-0.1, -0.05) is 0 Å². The van der Waals surface area contributed by atoms with Crippen LogP contribution in [0.3, 0.4) is 0 Å². The number of carbonyl (C=O) groups excluding carboxylic acids is 1. The Labute approximate surface area is 123 Å². The molecule has 0 unspecified atom stereocenters. The van der Waals surface area contributed by atoms with Crippen molar-refractivity contribution in [3.8, 4) is 0 Å². The number of hydrogen-bond acceptors (Lipinski definition) is 3. The van der Waals surface area contributed by atoms with Crippen LogP contribution in [0.5, 0.6) is 0 Å². The summed E-state index contributed by atoms with van der Waals surface area (Å²) in [5.41, 5.74) is 0.0837. The molecular formula is C13H15BrN2O4. The number of rotatable bonds is 3. The molecule has 1 aromatic heterocycles. The second-order valence-corrected chi connectivity index (χ2v) is 5.78. The number of amides is 1. The van der Waals surface area contributed by atoms with E-state index in [1.54, 1.807) is 0 Å². The average Bonchev–Trinajstić information content (AvgIpc) is 2.42. The van der Waals surface area contributed by atoms with E-state index in [1.807, 2.05) is 0 Å². The maximum Gasteiger partial charge on any atom is 0.306 e. The molecule has 1 amide bonds. The average molecular weight is 343 g/mol. The topological polar surface area (TPSA) is 99.3 Å². The summed E-state index contributed by atoms with van der Waals surface area (Å²) in [6.45, 7) is 0. The first-order valence-corrected chi connectivity index (χ1v) is 7.18. The number of carboxylic acid groups (broad SMARTS) is 1. The maximum absolute atomic E-state index is 12.0. The number of halogens is 1. The smallest absolute Gasteiger partial charge is 0.306 e. The van der Waals surface area contributed by atoms with E-state index in [0.29, 0.717) is 35.7 Å². The van der Waals surface area contributed by atoms with Gasteiger partial charge in [0.15, 0.2) is 0 Å². The minimum Gasteiger partial charge on any atom is -0.481 e. The predicted molar refractivity (Wildman–Crippen MR) is 75.6 cm³/mol. The Hall–Kier alpha value is -1.63. The van der Waals surface area contributed by atoms with Crippen molar-refractivity contribution >= 4 is 27.8 Å². The fourth-order valence-electron chi connectivity index (χ4n) is 2.34. The fourth-order valence-corrected chi connectivity index (χ4v) is 2.70. The molecule has 0 spiro atoms. The Morgan fingerprint density at radius 1 is 1.30 bits per heavy atom. The summed E-state index contributed by atoms with van der Waals surface area (Å²) < 4.78 is 0.305. The first-order chi connectivity index (χ1) is 9.47. The molecule has 0 atom stereocenters. The molecule has 1 aliphatic carbocycles. The van der Waals surface area contributed by atoms with Crippen LogP contribution in [-0.2, 0) is 4.79 Å². The van der Waals surface area contributed by atoms with Crippen molar-refractivity contribution in [3.63, 3.8) is 0 Å². The Kier molecular flexibility index (Phi) is 4.59. The molecule has 1 saturated carbocycles. The number of carbonyl (C=O) groups is 2. The van der Waals surface area contributed by atoms with Gasteiger partial charge in [-0.2, -0.15) is 0 Å². The highest BCUT2D eigenvalue weighted by Gasteiger charge is 2.26. The third-order valence-corrected chi connectivity index (χ3v) is 4.12. The normalized spacial score (nSPS) is 22.2. The Morgan fingerprint density at radius 2 is 1.95 bits per heavy atom. The summed E-state index contributed by atoms with van der Waals surface area (Å²) in [4.78, 5) is 36.5. The van der Waals surface area contributed by atoms with Gasteiger partial charge < -0.3 is 15.4 Å². The van der Waals surface area contributed by atoms with Gasteiger partial charge in [-0.3, -0.25) is 14.4 Å². The molecule has 0 saturated heterocycles. The number of pyridine rings is 1. The fraction of sp³-hybridized carbons (Fsp3) is 0.462. The van der Waals surface area contributed by atoms with E-state index in [1.165, 1.54) is 12.3 Å². The summed E-state index contributed by atoms with van der Waals surface area (Å²) >= 11 is 3.07. The van der Waals surface area contributed by atoms with Crippen LogP contribution in [0.2, 0.25) is 0 Å². The van der Waals surface area contributed by atoms with Crippen molar-refractivity contribution in [3.05, 3.63) is 32.7 Å². The second kappa shape index (κ2) is 6.21. The van der Waals surface area contributed by atoms with E-state index in [0.717, 1.165) is 0 Å². The number of aliphatic carboxylic acids is 1. The van der Waals surface area contributed by atoms with Crippen LogP contribution in [0, 0.1) is 5.92 Å². The van der Waals surface area contributed by atoms with Crippen LogP contribution in [0.25, 0.3) is 0 Å². The van der Waals surface area contributed by atoms with Crippen LogP contribution in [0.4, 0.5) is 0 Å². The van der Waals surface area contributed by atoms with Gasteiger partial charge in [-0.05, 0) is 47.7 Å². The zero-order valence-electron chi connectivity index (χ0n) is 10.7. The molecule has 0 radical (unpaired) electrons. The van der Waals surface area contributed by atoms with Gasteiger partial charge in [0, 0.05) is 12.2 Å². The van der Waals surface area contributed by atoms with Gasteiger partial charge in [-0.15, -0.1) is 0 Å². The lowest BCUT2D eigenvalue weighted by molar-refractivity contribution is -0.142. The third kappa shape index (κ3) is 3.47. The Bertz CT molecular complexity index is 576. The molecule has 3 N–H and O–H groups in total. The predicted octanol–water partition coefficient (Wildman–Crippen LogP) is 1.51. The van der Waals surface area contributed by atoms with E-state index in [2.05, 4.69) is 26.2 Å². The first kappa shape index (κ1) is 14.8. The van der Waals surface area contributed by atoms with Crippen LogP contribution in [0.15, 0.2) is 21.5 Å². The summed E-state index contributed by atoms with van der Waals surface area (Å²) in [5.74, 6) is -1.33. The van der Waals surface area contributed by atoms with Crippen molar-refractivity contribution < 1.29 is 14.7 Å². The molecule has 1 heterocycles. The van der Waals surface area contributed by atoms with Crippen LogP contribution in [-0.4, -0.2) is 28.0 Å². The zero-order chi connectivity index (χ0) is 14.7. The van der Waals surface area contributed by atoms with Crippen molar-refractivity contribution in [2.24, 2.45) is 5.92 Å². The summed E-state index contributed by atoms with van der Waals surface area (Å²) in [6, 6.07) is 1.46. The molecule has 0 aliphatic heterocycles. The van der Waals surface area contributed by atoms with Gasteiger partial charge in [0.05, 0.1) is 16.0 Å². The number of aromatic amines is 1. The monoisotopic (exact) mass is 342 g/mol. The van der Waals surface area contributed by atoms with E-state index >= 15 is 0 Å². The lowest BCUT2D eigenvalue weighted by Crippen LogP contribution is -2.38. The molecule has 2 rings (SSSR count). The lowest BCUT2D eigenvalue weighted by Gasteiger charge is -2.26. The minimum absolute atomic E-state index is 0.0104. The number of carboxylic acids is 1. The zero-order valence-corrected chi connectivity index (χ0v) is 12.3. The highest BCUT2D eigenvalue weighted by molar-refractivity contribution is 9.10. The maximum atomic E-state index is 12.0. The molecule has 108 valence electrons. The van der Waals surface area contributed by atoms with Crippen molar-refractivity contribution in [2.45, 2.75) is 31.7 Å². The van der Waals surface area contributed by atoms with Crippen molar-refractivity contribution in [1.82, 2.24) is 10.3 Å². The standard InChI is InChI=1S/C13H15BrN2O4/c14-10-5-8(6-15-12(10)18)11(17)16-9-3-1-7(2-4-9)13(19)20/h5-7,9H,1-4H2,(H,15,18)(H,16,17)(H,19,20). The van der Waals surface area contributed by atoms with E-state index in [9.17, 15) is 14.4 Å². The van der Waals surface area contributed by atoms with Gasteiger partial charge >= 0.3 is 5.97 Å². The summed E-state index contributed by atoms with van der Waals surface area (Å²) in [6.07, 6.45) is 3.84. The van der Waals surface area contributed by atoms with Crippen LogP contribution < -0.4 is 10.9 Å². The molecule has 0 aromatic carbocycles. The van der Waals surface area contributed by atoms with E-state index in [-0.39, 0.29) is 23.4 Å². The van der Waals surface area contributed by atoms with Gasteiger partial charge in [0.25, 0.3) is 11.5 Å². The number of nitrogens with one attached hydrogen (secondary N) is 2. The van der Waals surface area contributed by atoms with Gasteiger partial charge in [0.2, 0.25) is 0 Å². The molecule has 0 bridgehead atoms. The Balaban J connectivity index is 1.94. The quantitative estimate of drug-likeness (QED) is 0.775. The largest absolute Gasteiger partial charge is 0.481 e. The number of hydrogen-bond donors (Lipinski definition) is 3. The molecular weight excluding hydrogens is 328 g/mol. The molecule has 1 aromatic rings. The molecule has 6 nitrogen and oxygen atoms in total. The molecule has 7 heteroatoms. The molecule has 1 fully saturated rings. The summed E-state index contributed by atoms with van der Waals surface area (Å²) in [5, 5.41) is 11.8. The van der Waals surface area contributed by atoms with E-state index < -0.39 is 5.97 Å². The van der Waals surface area contributed by atoms with Crippen LogP contribution >= 0.6 is 15.9 Å². The van der Waals surface area contributed by atoms with Gasteiger partial charge in [-0.25, -0.2) is 0 Å². The summed E-state index contributed by atoms with van der Waals surface area (Å²) in [7, 11) is 0. The van der Waals surface area contributed by atoms with Crippen molar-refractivity contribution in [1.29, 1.82) is 0 Å². The SMILES string of the molecule is O=C(NC1CCC(C(=O)O)CC1)c1c[nH]c(=O)c(Br)c1. The van der Waals surface area contributed by atoms with Crippen molar-refractivity contribution in [2.75, 3.05) is 0 Å². The Morgan fingerprint density at radius 3 is 2.50 bits per heavy atom. The minimum atomic E-state index is -0.764. The van der Waals surface area contributed by atoms with Gasteiger partial charge in [0.1, 0.15) is 0 Å². The first-order valence-electron chi connectivity index (χ1n) is 6.39.